The quantitative estimate of drug-likeness (QED) is 0.671. The van der Waals surface area contributed by atoms with Crippen molar-refractivity contribution in [3.8, 4) is 0 Å². The maximum absolute atomic E-state index is 12.7. The Balaban J connectivity index is 1.46. The molecule has 0 bridgehead atoms. The van der Waals surface area contributed by atoms with Gasteiger partial charge >= 0.3 is 12.2 Å². The number of imidazole rings is 1. The highest BCUT2D eigenvalue weighted by atomic mass is 19.4. The molecular formula is C18H14F3N7O2. The van der Waals surface area contributed by atoms with E-state index in [1.807, 2.05) is 0 Å². The molecule has 0 aromatic carbocycles. The molecule has 3 aromatic heterocycles. The summed E-state index contributed by atoms with van der Waals surface area (Å²) < 4.78 is 39.6. The van der Waals surface area contributed by atoms with Crippen molar-refractivity contribution in [2.45, 2.75) is 30.4 Å². The molecule has 9 nitrogen and oxygen atoms in total. The maximum Gasteiger partial charge on any atom is 0.451 e. The molecular weight excluding hydrogens is 403 g/mol. The fraction of sp³-hybridized carbons (Fsp3) is 0.333. The lowest BCUT2D eigenvalue weighted by Gasteiger charge is -2.22. The molecule has 1 unspecified atom stereocenters. The molecule has 3 amide bonds. The minimum atomic E-state index is -4.58. The Kier molecular flexibility index (Phi) is 3.98. The number of amides is 3. The minimum Gasteiger partial charge on any atom is -0.337 e. The summed E-state index contributed by atoms with van der Waals surface area (Å²) >= 11 is 0. The van der Waals surface area contributed by atoms with Gasteiger partial charge in [-0.1, -0.05) is 0 Å². The van der Waals surface area contributed by atoms with Crippen LogP contribution in [0.25, 0.3) is 5.65 Å². The molecule has 2 N–H and O–H groups in total. The summed E-state index contributed by atoms with van der Waals surface area (Å²) in [6.45, 7) is 0.123. The summed E-state index contributed by atoms with van der Waals surface area (Å²) in [4.78, 5) is 34.8. The van der Waals surface area contributed by atoms with E-state index >= 15 is 0 Å². The molecule has 0 spiro atoms. The van der Waals surface area contributed by atoms with E-state index in [9.17, 15) is 22.8 Å². The molecule has 1 saturated heterocycles. The monoisotopic (exact) mass is 417 g/mol. The van der Waals surface area contributed by atoms with E-state index in [0.29, 0.717) is 23.3 Å². The normalized spacial score (nSPS) is 23.9. The second-order valence-electron chi connectivity index (χ2n) is 7.26. The fourth-order valence-corrected chi connectivity index (χ4v) is 3.76. The number of alkyl halides is 3. The number of fused-ring (bicyclic) bond motifs is 1. The van der Waals surface area contributed by atoms with Gasteiger partial charge in [-0.15, -0.1) is 0 Å². The Morgan fingerprint density at radius 2 is 1.87 bits per heavy atom. The van der Waals surface area contributed by atoms with Crippen molar-refractivity contribution >= 4 is 17.6 Å². The van der Waals surface area contributed by atoms with Gasteiger partial charge in [0.15, 0.2) is 5.65 Å². The smallest absolute Gasteiger partial charge is 0.337 e. The van der Waals surface area contributed by atoms with E-state index in [4.69, 9.17) is 0 Å². The number of nitrogens with one attached hydrogen (secondary N) is 2. The van der Waals surface area contributed by atoms with Crippen LogP contribution >= 0.6 is 0 Å². The van der Waals surface area contributed by atoms with Gasteiger partial charge in [0.05, 0.1) is 11.6 Å². The number of carbonyl (C=O) groups excluding carboxylic acids is 2. The van der Waals surface area contributed by atoms with Gasteiger partial charge in [0.2, 0.25) is 11.7 Å². The highest BCUT2D eigenvalue weighted by Crippen LogP contribution is 2.55. The zero-order valence-electron chi connectivity index (χ0n) is 15.2. The maximum atomic E-state index is 12.7. The molecule has 2 fully saturated rings. The standard InChI is InChI=1S/C18H14F3N7O2/c19-18(20,21)16-23-5-8(6-24-16)9-3-10(9)11-4-13(27-28-2-1-22-14(11)28)12-7-25-17(30)26-15(12)29/h1-2,4-6,9-10,12H,3,7H2,(H2,25,26,29,30)/t9-,10+,12?/m1/s1. The molecule has 1 saturated carbocycles. The average molecular weight is 417 g/mol. The number of urea groups is 1. The van der Waals surface area contributed by atoms with E-state index in [2.05, 4.69) is 30.7 Å². The summed E-state index contributed by atoms with van der Waals surface area (Å²) in [5.41, 5.74) is 2.53. The minimum absolute atomic E-state index is 0.0155. The van der Waals surface area contributed by atoms with E-state index in [0.717, 1.165) is 5.56 Å². The van der Waals surface area contributed by atoms with Crippen LogP contribution in [0.3, 0.4) is 0 Å². The number of aromatic nitrogens is 5. The van der Waals surface area contributed by atoms with Crippen LogP contribution in [0.1, 0.15) is 46.8 Å². The van der Waals surface area contributed by atoms with E-state index in [-0.39, 0.29) is 18.4 Å². The zero-order valence-corrected chi connectivity index (χ0v) is 15.2. The SMILES string of the molecule is O=C1NCC(c2cc([C@H]3C[C@@H]3c3cnc(C(F)(F)F)nc3)c3nccn3n2)C(=O)N1. The molecule has 1 aliphatic heterocycles. The van der Waals surface area contributed by atoms with Crippen molar-refractivity contribution in [3.05, 3.63) is 53.5 Å². The highest BCUT2D eigenvalue weighted by molar-refractivity contribution is 6.00. The second-order valence-corrected chi connectivity index (χ2v) is 7.26. The van der Waals surface area contributed by atoms with Crippen molar-refractivity contribution < 1.29 is 22.8 Å². The largest absolute Gasteiger partial charge is 0.451 e. The lowest BCUT2D eigenvalue weighted by molar-refractivity contribution is -0.145. The third-order valence-electron chi connectivity index (χ3n) is 5.33. The first kappa shape index (κ1) is 18.5. The summed E-state index contributed by atoms with van der Waals surface area (Å²) in [6, 6.07) is 1.23. The molecule has 154 valence electrons. The molecule has 12 heteroatoms. The Hall–Kier alpha value is -3.57. The fourth-order valence-electron chi connectivity index (χ4n) is 3.76. The van der Waals surface area contributed by atoms with E-state index in [1.54, 1.807) is 23.0 Å². The molecule has 3 atom stereocenters. The summed E-state index contributed by atoms with van der Waals surface area (Å²) in [6.07, 6.45) is 1.75. The number of carbonyl (C=O) groups is 2. The van der Waals surface area contributed by atoms with Crippen LogP contribution in [0.4, 0.5) is 18.0 Å². The predicted molar refractivity (Wildman–Crippen MR) is 94.4 cm³/mol. The molecule has 3 aromatic rings. The molecule has 30 heavy (non-hydrogen) atoms. The van der Waals surface area contributed by atoms with Gasteiger partial charge in [0, 0.05) is 36.9 Å². The third kappa shape index (κ3) is 3.13. The van der Waals surface area contributed by atoms with Gasteiger partial charge in [-0.05, 0) is 29.9 Å². The van der Waals surface area contributed by atoms with Gasteiger partial charge in [-0.2, -0.15) is 18.3 Å². The molecule has 4 heterocycles. The van der Waals surface area contributed by atoms with Crippen LogP contribution in [0.2, 0.25) is 0 Å². The summed E-state index contributed by atoms with van der Waals surface area (Å²) in [7, 11) is 0. The number of hydrogen-bond donors (Lipinski definition) is 2. The Morgan fingerprint density at radius 3 is 2.57 bits per heavy atom. The number of nitrogens with zero attached hydrogens (tertiary/aromatic N) is 5. The Morgan fingerprint density at radius 1 is 1.10 bits per heavy atom. The predicted octanol–water partition coefficient (Wildman–Crippen LogP) is 1.73. The number of imide groups is 1. The highest BCUT2D eigenvalue weighted by Gasteiger charge is 2.43. The second kappa shape index (κ2) is 6.47. The molecule has 0 radical (unpaired) electrons. The van der Waals surface area contributed by atoms with Crippen LogP contribution in [0.15, 0.2) is 30.9 Å². The van der Waals surface area contributed by atoms with Gasteiger partial charge in [0.1, 0.15) is 0 Å². The average Bonchev–Trinajstić information content (AvgIpc) is 3.35. The Bertz CT molecular complexity index is 1160. The van der Waals surface area contributed by atoms with Gasteiger partial charge in [-0.25, -0.2) is 24.3 Å². The first-order valence-electron chi connectivity index (χ1n) is 9.13. The van der Waals surface area contributed by atoms with Gasteiger partial charge in [0.25, 0.3) is 0 Å². The van der Waals surface area contributed by atoms with Crippen LogP contribution in [0.5, 0.6) is 0 Å². The number of hydrogen-bond acceptors (Lipinski definition) is 6. The van der Waals surface area contributed by atoms with Crippen LogP contribution in [0, 0.1) is 0 Å². The van der Waals surface area contributed by atoms with Crippen molar-refractivity contribution in [1.29, 1.82) is 0 Å². The molecule has 1 aliphatic carbocycles. The van der Waals surface area contributed by atoms with Crippen molar-refractivity contribution in [3.63, 3.8) is 0 Å². The lowest BCUT2D eigenvalue weighted by atomic mass is 9.99. The van der Waals surface area contributed by atoms with Gasteiger partial charge < -0.3 is 5.32 Å². The van der Waals surface area contributed by atoms with Crippen LogP contribution in [-0.4, -0.2) is 43.0 Å². The topological polar surface area (TPSA) is 114 Å². The molecule has 5 rings (SSSR count). The van der Waals surface area contributed by atoms with Crippen LogP contribution < -0.4 is 10.6 Å². The lowest BCUT2D eigenvalue weighted by Crippen LogP contribution is -2.51. The summed E-state index contributed by atoms with van der Waals surface area (Å²) in [5.74, 6) is -2.34. The Labute approximate surface area is 166 Å². The van der Waals surface area contributed by atoms with Crippen molar-refractivity contribution in [1.82, 2.24) is 35.2 Å². The van der Waals surface area contributed by atoms with E-state index in [1.165, 1.54) is 12.4 Å². The zero-order chi connectivity index (χ0) is 21.0. The third-order valence-corrected chi connectivity index (χ3v) is 5.33. The number of halogens is 3. The number of rotatable bonds is 3. The van der Waals surface area contributed by atoms with Crippen molar-refractivity contribution in [2.24, 2.45) is 0 Å². The molecule has 2 aliphatic rings. The van der Waals surface area contributed by atoms with Crippen LogP contribution in [-0.2, 0) is 11.0 Å². The summed E-state index contributed by atoms with van der Waals surface area (Å²) in [5, 5.41) is 9.23. The first-order chi connectivity index (χ1) is 14.3. The van der Waals surface area contributed by atoms with Gasteiger partial charge in [-0.3, -0.25) is 10.1 Å². The first-order valence-corrected chi connectivity index (χ1v) is 9.13. The van der Waals surface area contributed by atoms with E-state index < -0.39 is 29.9 Å². The van der Waals surface area contributed by atoms with Crippen molar-refractivity contribution in [2.75, 3.05) is 6.54 Å².